The first-order chi connectivity index (χ1) is 11.8. The number of carbonyl (C=O) groups excluding carboxylic acids is 1. The van der Waals surface area contributed by atoms with Gasteiger partial charge in [-0.15, -0.1) is 12.4 Å². The van der Waals surface area contributed by atoms with E-state index in [2.05, 4.69) is 0 Å². The van der Waals surface area contributed by atoms with Gasteiger partial charge in [0.2, 0.25) is 5.91 Å². The number of hydrogen-bond donors (Lipinski definition) is 1. The Labute approximate surface area is 159 Å². The quantitative estimate of drug-likeness (QED) is 0.595. The lowest BCUT2D eigenvalue weighted by atomic mass is 10.0. The maximum absolute atomic E-state index is 12.9. The average molecular weight is 393 g/mol. The summed E-state index contributed by atoms with van der Waals surface area (Å²) >= 11 is 0. The first-order valence-corrected chi connectivity index (χ1v) is 9.03. The maximum atomic E-state index is 12.9. The monoisotopic (exact) mass is 392 g/mol. The summed E-state index contributed by atoms with van der Waals surface area (Å²) in [5.41, 5.74) is 5.33. The third-order valence-electron chi connectivity index (χ3n) is 4.69. The van der Waals surface area contributed by atoms with E-state index in [1.54, 1.807) is 11.0 Å². The molecule has 1 aliphatic rings. The lowest BCUT2D eigenvalue weighted by Crippen LogP contribution is -2.35. The molecule has 1 aliphatic carbocycles. The summed E-state index contributed by atoms with van der Waals surface area (Å²) in [5.74, 6) is 0.0418. The number of halogens is 4. The van der Waals surface area contributed by atoms with Crippen molar-refractivity contribution in [3.05, 3.63) is 35.4 Å². The number of carbonyl (C=O) groups is 1. The van der Waals surface area contributed by atoms with Crippen molar-refractivity contribution in [3.8, 4) is 0 Å². The van der Waals surface area contributed by atoms with E-state index in [-0.39, 0.29) is 30.4 Å². The Hall–Kier alpha value is -1.27. The molecule has 1 saturated carbocycles. The molecule has 1 aromatic rings. The van der Waals surface area contributed by atoms with Gasteiger partial charge in [0.1, 0.15) is 0 Å². The number of alkyl halides is 3. The minimum Gasteiger partial charge on any atom is -0.333 e. The molecule has 148 valence electrons. The van der Waals surface area contributed by atoms with E-state index in [1.807, 2.05) is 6.92 Å². The summed E-state index contributed by atoms with van der Waals surface area (Å²) in [4.78, 5) is 14.4. The van der Waals surface area contributed by atoms with Crippen molar-refractivity contribution in [2.45, 2.75) is 70.1 Å². The number of amides is 1. The summed E-state index contributed by atoms with van der Waals surface area (Å²) in [5, 5.41) is 0. The molecule has 0 aromatic heterocycles. The molecule has 2 rings (SSSR count). The number of hydrogen-bond acceptors (Lipinski definition) is 2. The largest absolute Gasteiger partial charge is 0.416 e. The molecule has 1 amide bonds. The van der Waals surface area contributed by atoms with Crippen LogP contribution in [0.25, 0.3) is 0 Å². The van der Waals surface area contributed by atoms with Crippen molar-refractivity contribution < 1.29 is 18.0 Å². The molecule has 2 N–H and O–H groups in total. The maximum Gasteiger partial charge on any atom is 0.416 e. The molecule has 3 nitrogen and oxygen atoms in total. The van der Waals surface area contributed by atoms with Crippen LogP contribution in [0.2, 0.25) is 0 Å². The smallest absolute Gasteiger partial charge is 0.333 e. The van der Waals surface area contributed by atoms with Crippen molar-refractivity contribution in [1.29, 1.82) is 0 Å². The van der Waals surface area contributed by atoms with E-state index < -0.39 is 11.7 Å². The van der Waals surface area contributed by atoms with Gasteiger partial charge >= 0.3 is 6.18 Å². The lowest BCUT2D eigenvalue weighted by Gasteiger charge is -2.30. The zero-order valence-corrected chi connectivity index (χ0v) is 15.9. The van der Waals surface area contributed by atoms with Crippen molar-refractivity contribution in [2.75, 3.05) is 6.54 Å². The van der Waals surface area contributed by atoms with Gasteiger partial charge in [0, 0.05) is 12.5 Å². The van der Waals surface area contributed by atoms with Crippen molar-refractivity contribution in [1.82, 2.24) is 4.90 Å². The molecule has 0 spiro atoms. The van der Waals surface area contributed by atoms with Crippen LogP contribution < -0.4 is 5.73 Å². The standard InChI is InChI=1S/C19H27F3N2O.ClH/c1-14(15-7-6-8-16(13-15)19(20,21)22)24(17-10-11-17)18(25)9-4-2-3-5-12-23;/h6-8,13-14,17H,2-5,9-12,23H2,1H3;1H. The highest BCUT2D eigenvalue weighted by atomic mass is 35.5. The molecule has 1 aromatic carbocycles. The molecule has 0 heterocycles. The van der Waals surface area contributed by atoms with Crippen LogP contribution >= 0.6 is 12.4 Å². The minimum atomic E-state index is -4.37. The van der Waals surface area contributed by atoms with Gasteiger partial charge in [-0.25, -0.2) is 0 Å². The average Bonchev–Trinajstić information content (AvgIpc) is 3.39. The fraction of sp³-hybridized carbons (Fsp3) is 0.632. The highest BCUT2D eigenvalue weighted by Gasteiger charge is 2.37. The molecule has 1 atom stereocenters. The number of nitrogens with two attached hydrogens (primary N) is 1. The Morgan fingerprint density at radius 1 is 1.23 bits per heavy atom. The normalized spacial score (nSPS) is 15.3. The first kappa shape index (κ1) is 22.8. The molecule has 0 saturated heterocycles. The van der Waals surface area contributed by atoms with Gasteiger partial charge in [-0.3, -0.25) is 4.79 Å². The Kier molecular flexibility index (Phi) is 8.90. The van der Waals surface area contributed by atoms with Crippen molar-refractivity contribution in [3.63, 3.8) is 0 Å². The van der Waals surface area contributed by atoms with E-state index in [1.165, 1.54) is 6.07 Å². The van der Waals surface area contributed by atoms with Gasteiger partial charge < -0.3 is 10.6 Å². The number of rotatable bonds is 9. The third-order valence-corrected chi connectivity index (χ3v) is 4.69. The van der Waals surface area contributed by atoms with Crippen LogP contribution in [-0.4, -0.2) is 23.4 Å². The van der Waals surface area contributed by atoms with Gasteiger partial charge in [-0.05, 0) is 56.8 Å². The number of unbranched alkanes of at least 4 members (excludes halogenated alkanes) is 3. The summed E-state index contributed by atoms with van der Waals surface area (Å²) in [7, 11) is 0. The molecule has 0 bridgehead atoms. The zero-order chi connectivity index (χ0) is 18.4. The van der Waals surface area contributed by atoms with Crippen LogP contribution in [0.15, 0.2) is 24.3 Å². The highest BCUT2D eigenvalue weighted by Crippen LogP contribution is 2.37. The van der Waals surface area contributed by atoms with E-state index in [9.17, 15) is 18.0 Å². The predicted octanol–water partition coefficient (Wildman–Crippen LogP) is 5.09. The van der Waals surface area contributed by atoms with Crippen molar-refractivity contribution >= 4 is 18.3 Å². The highest BCUT2D eigenvalue weighted by molar-refractivity contribution is 5.85. The van der Waals surface area contributed by atoms with E-state index >= 15 is 0 Å². The molecule has 0 radical (unpaired) electrons. The van der Waals surface area contributed by atoms with Gasteiger partial charge in [0.15, 0.2) is 0 Å². The molecule has 7 heteroatoms. The molecule has 1 fully saturated rings. The minimum absolute atomic E-state index is 0. The second kappa shape index (κ2) is 10.2. The van der Waals surface area contributed by atoms with Gasteiger partial charge in [0.25, 0.3) is 0 Å². The number of nitrogens with zero attached hydrogens (tertiary/aromatic N) is 1. The molecular formula is C19H28ClF3N2O. The summed E-state index contributed by atoms with van der Waals surface area (Å²) in [6.45, 7) is 2.48. The second-order valence-electron chi connectivity index (χ2n) is 6.78. The number of benzene rings is 1. The van der Waals surface area contributed by atoms with Crippen LogP contribution in [0.4, 0.5) is 13.2 Å². The summed E-state index contributed by atoms with van der Waals surface area (Å²) in [6, 6.07) is 5.14. The molecule has 0 aliphatic heterocycles. The van der Waals surface area contributed by atoms with Gasteiger partial charge in [-0.2, -0.15) is 13.2 Å². The fourth-order valence-electron chi connectivity index (χ4n) is 3.13. The topological polar surface area (TPSA) is 46.3 Å². The Morgan fingerprint density at radius 2 is 1.88 bits per heavy atom. The molecular weight excluding hydrogens is 365 g/mol. The van der Waals surface area contributed by atoms with Crippen LogP contribution in [0.1, 0.15) is 69.0 Å². The second-order valence-corrected chi connectivity index (χ2v) is 6.78. The van der Waals surface area contributed by atoms with Crippen LogP contribution in [0.3, 0.4) is 0 Å². The van der Waals surface area contributed by atoms with E-state index in [0.717, 1.165) is 50.7 Å². The Balaban J connectivity index is 0.00000338. The summed E-state index contributed by atoms with van der Waals surface area (Å²) < 4.78 is 38.8. The Morgan fingerprint density at radius 3 is 2.46 bits per heavy atom. The van der Waals surface area contributed by atoms with E-state index in [4.69, 9.17) is 5.73 Å². The Bertz CT molecular complexity index is 576. The fourth-order valence-corrected chi connectivity index (χ4v) is 3.13. The SMILES string of the molecule is CC(c1cccc(C(F)(F)F)c1)N(C(=O)CCCCCCN)C1CC1.Cl. The zero-order valence-electron chi connectivity index (χ0n) is 15.1. The van der Waals surface area contributed by atoms with Crippen LogP contribution in [-0.2, 0) is 11.0 Å². The molecule has 26 heavy (non-hydrogen) atoms. The van der Waals surface area contributed by atoms with Gasteiger partial charge in [0.05, 0.1) is 11.6 Å². The van der Waals surface area contributed by atoms with Crippen molar-refractivity contribution in [2.24, 2.45) is 5.73 Å². The predicted molar refractivity (Wildman–Crippen MR) is 99.1 cm³/mol. The third kappa shape index (κ3) is 6.47. The van der Waals surface area contributed by atoms with Crippen LogP contribution in [0.5, 0.6) is 0 Å². The molecule has 1 unspecified atom stereocenters. The van der Waals surface area contributed by atoms with E-state index in [0.29, 0.717) is 18.5 Å². The first-order valence-electron chi connectivity index (χ1n) is 9.03. The van der Waals surface area contributed by atoms with Crippen LogP contribution in [0, 0.1) is 0 Å². The van der Waals surface area contributed by atoms with Gasteiger partial charge in [-0.1, -0.05) is 25.0 Å². The summed E-state index contributed by atoms with van der Waals surface area (Å²) in [6.07, 6.45) is 1.68. The lowest BCUT2D eigenvalue weighted by molar-refractivity contribution is -0.137.